The highest BCUT2D eigenvalue weighted by Crippen LogP contribution is 2.42. The van der Waals surface area contributed by atoms with Gasteiger partial charge in [-0.25, -0.2) is 9.59 Å². The molecular weight excluding hydrogens is 262 g/mol. The molecule has 2 aliphatic rings. The minimum atomic E-state index is -0.892. The van der Waals surface area contributed by atoms with E-state index in [4.69, 9.17) is 14.6 Å². The second kappa shape index (κ2) is 5.24. The molecule has 0 unspecified atom stereocenters. The first-order chi connectivity index (χ1) is 9.21. The number of carboxylic acid groups (broad SMARTS) is 1. The Morgan fingerprint density at radius 3 is 2.35 bits per heavy atom. The summed E-state index contributed by atoms with van der Waals surface area (Å²) in [6.07, 6.45) is 1.11. The zero-order valence-electron chi connectivity index (χ0n) is 12.3. The molecule has 0 aliphatic carbocycles. The number of rotatable bonds is 1. The minimum absolute atomic E-state index is 0.0818. The van der Waals surface area contributed by atoms with Crippen molar-refractivity contribution < 1.29 is 24.2 Å². The van der Waals surface area contributed by atoms with E-state index in [1.54, 1.807) is 4.90 Å². The molecule has 2 heterocycles. The normalized spacial score (nSPS) is 25.8. The zero-order valence-corrected chi connectivity index (χ0v) is 12.3. The molecule has 0 aromatic carbocycles. The Labute approximate surface area is 119 Å². The number of amides is 1. The lowest BCUT2D eigenvalue weighted by atomic mass is 9.77. The Balaban J connectivity index is 1.87. The SMILES string of the molecule is CC(C)(C)OC(=O)N1CCC2(CC1)CO[C@H](C(=O)O)C2. The van der Waals surface area contributed by atoms with Crippen molar-refractivity contribution in [2.24, 2.45) is 5.41 Å². The monoisotopic (exact) mass is 285 g/mol. The molecule has 6 nitrogen and oxygen atoms in total. The molecule has 0 aromatic rings. The zero-order chi connectivity index (χ0) is 15.0. The Morgan fingerprint density at radius 2 is 1.90 bits per heavy atom. The lowest BCUT2D eigenvalue weighted by molar-refractivity contribution is -0.147. The van der Waals surface area contributed by atoms with Crippen LogP contribution in [-0.2, 0) is 14.3 Å². The van der Waals surface area contributed by atoms with E-state index in [0.29, 0.717) is 26.1 Å². The van der Waals surface area contributed by atoms with Gasteiger partial charge < -0.3 is 19.5 Å². The average molecular weight is 285 g/mol. The summed E-state index contributed by atoms with van der Waals surface area (Å²) in [5.74, 6) is -0.892. The lowest BCUT2D eigenvalue weighted by Gasteiger charge is -2.38. The molecule has 0 bridgehead atoms. The van der Waals surface area contributed by atoms with Crippen LogP contribution in [0.2, 0.25) is 0 Å². The van der Waals surface area contributed by atoms with Gasteiger partial charge in [0, 0.05) is 18.5 Å². The predicted molar refractivity (Wildman–Crippen MR) is 71.5 cm³/mol. The van der Waals surface area contributed by atoms with Crippen LogP contribution in [0.5, 0.6) is 0 Å². The third-order valence-corrected chi connectivity index (χ3v) is 3.96. The summed E-state index contributed by atoms with van der Waals surface area (Å²) in [7, 11) is 0. The van der Waals surface area contributed by atoms with Gasteiger partial charge in [0.2, 0.25) is 0 Å². The topological polar surface area (TPSA) is 76.1 Å². The Bertz CT molecular complexity index is 393. The van der Waals surface area contributed by atoms with Crippen LogP contribution >= 0.6 is 0 Å². The Hall–Kier alpha value is -1.30. The molecule has 1 N–H and O–H groups in total. The van der Waals surface area contributed by atoms with E-state index in [2.05, 4.69) is 0 Å². The van der Waals surface area contributed by atoms with Gasteiger partial charge in [-0.1, -0.05) is 0 Å². The van der Waals surface area contributed by atoms with Gasteiger partial charge in [-0.05, 0) is 40.0 Å². The smallest absolute Gasteiger partial charge is 0.410 e. The van der Waals surface area contributed by atoms with Crippen molar-refractivity contribution in [3.05, 3.63) is 0 Å². The van der Waals surface area contributed by atoms with Crippen molar-refractivity contribution in [1.82, 2.24) is 4.90 Å². The summed E-state index contributed by atoms with van der Waals surface area (Å²) in [6, 6.07) is 0. The number of ether oxygens (including phenoxy) is 2. The number of carbonyl (C=O) groups is 2. The molecule has 2 fully saturated rings. The van der Waals surface area contributed by atoms with Gasteiger partial charge in [-0.15, -0.1) is 0 Å². The van der Waals surface area contributed by atoms with E-state index < -0.39 is 17.7 Å². The van der Waals surface area contributed by atoms with Crippen LogP contribution in [0.25, 0.3) is 0 Å². The second-order valence-electron chi connectivity index (χ2n) is 6.81. The largest absolute Gasteiger partial charge is 0.479 e. The number of carboxylic acids is 1. The van der Waals surface area contributed by atoms with E-state index in [1.165, 1.54) is 0 Å². The first-order valence-electron chi connectivity index (χ1n) is 7.03. The highest BCUT2D eigenvalue weighted by Gasteiger charge is 2.45. The van der Waals surface area contributed by atoms with E-state index in [9.17, 15) is 9.59 Å². The first-order valence-corrected chi connectivity index (χ1v) is 7.03. The maximum absolute atomic E-state index is 12.0. The van der Waals surface area contributed by atoms with E-state index in [-0.39, 0.29) is 11.5 Å². The molecule has 0 radical (unpaired) electrons. The summed E-state index contributed by atoms with van der Waals surface area (Å²) in [5.41, 5.74) is -0.571. The van der Waals surface area contributed by atoms with Crippen molar-refractivity contribution in [2.75, 3.05) is 19.7 Å². The average Bonchev–Trinajstić information content (AvgIpc) is 2.72. The highest BCUT2D eigenvalue weighted by molar-refractivity contribution is 5.72. The van der Waals surface area contributed by atoms with Crippen LogP contribution in [0.15, 0.2) is 0 Å². The van der Waals surface area contributed by atoms with E-state index in [1.807, 2.05) is 20.8 Å². The van der Waals surface area contributed by atoms with Crippen molar-refractivity contribution in [3.63, 3.8) is 0 Å². The van der Waals surface area contributed by atoms with Crippen molar-refractivity contribution in [2.45, 2.75) is 51.7 Å². The second-order valence-corrected chi connectivity index (χ2v) is 6.81. The van der Waals surface area contributed by atoms with Crippen LogP contribution in [0.3, 0.4) is 0 Å². The van der Waals surface area contributed by atoms with Crippen molar-refractivity contribution >= 4 is 12.1 Å². The third kappa shape index (κ3) is 3.42. The van der Waals surface area contributed by atoms with E-state index >= 15 is 0 Å². The minimum Gasteiger partial charge on any atom is -0.479 e. The number of hydrogen-bond acceptors (Lipinski definition) is 4. The Morgan fingerprint density at radius 1 is 1.30 bits per heavy atom. The molecule has 2 rings (SSSR count). The molecule has 1 spiro atoms. The maximum Gasteiger partial charge on any atom is 0.410 e. The van der Waals surface area contributed by atoms with Gasteiger partial charge in [0.15, 0.2) is 6.10 Å². The molecule has 2 aliphatic heterocycles. The first kappa shape index (κ1) is 15.1. The van der Waals surface area contributed by atoms with Crippen molar-refractivity contribution in [1.29, 1.82) is 0 Å². The van der Waals surface area contributed by atoms with Crippen LogP contribution in [0, 0.1) is 5.41 Å². The lowest BCUT2D eigenvalue weighted by Crippen LogP contribution is -2.45. The van der Waals surface area contributed by atoms with Crippen molar-refractivity contribution in [3.8, 4) is 0 Å². The highest BCUT2D eigenvalue weighted by atomic mass is 16.6. The number of hydrogen-bond donors (Lipinski definition) is 1. The number of nitrogens with zero attached hydrogens (tertiary/aromatic N) is 1. The Kier molecular flexibility index (Phi) is 3.95. The maximum atomic E-state index is 12.0. The summed E-state index contributed by atoms with van der Waals surface area (Å²) >= 11 is 0. The molecule has 0 saturated carbocycles. The van der Waals surface area contributed by atoms with Gasteiger partial charge in [0.1, 0.15) is 5.60 Å². The van der Waals surface area contributed by atoms with Crippen LogP contribution in [0.4, 0.5) is 4.79 Å². The number of carbonyl (C=O) groups excluding carboxylic acids is 1. The van der Waals surface area contributed by atoms with Gasteiger partial charge in [0.25, 0.3) is 0 Å². The summed E-state index contributed by atoms with van der Waals surface area (Å²) in [4.78, 5) is 24.6. The summed E-state index contributed by atoms with van der Waals surface area (Å²) in [6.45, 7) is 7.22. The fraction of sp³-hybridized carbons (Fsp3) is 0.857. The predicted octanol–water partition coefficient (Wildman–Crippen LogP) is 1.88. The molecular formula is C14H23NO5. The van der Waals surface area contributed by atoms with Gasteiger partial charge in [-0.2, -0.15) is 0 Å². The molecule has 114 valence electrons. The van der Waals surface area contributed by atoms with Crippen LogP contribution in [0.1, 0.15) is 40.0 Å². The number of likely N-dealkylation sites (tertiary alicyclic amines) is 1. The van der Waals surface area contributed by atoms with Gasteiger partial charge >= 0.3 is 12.1 Å². The molecule has 6 heteroatoms. The quantitative estimate of drug-likeness (QED) is 0.796. The summed E-state index contributed by atoms with van der Waals surface area (Å²) < 4.78 is 10.7. The van der Waals surface area contributed by atoms with Gasteiger partial charge in [0.05, 0.1) is 6.61 Å². The van der Waals surface area contributed by atoms with Crippen LogP contribution in [-0.4, -0.2) is 53.5 Å². The summed E-state index contributed by atoms with van der Waals surface area (Å²) in [5, 5.41) is 8.99. The fourth-order valence-corrected chi connectivity index (χ4v) is 2.79. The number of aliphatic carboxylic acids is 1. The standard InChI is InChI=1S/C14H23NO5/c1-13(2,3)20-12(18)15-6-4-14(5-7-15)8-10(11(16)17)19-9-14/h10H,4-9H2,1-3H3,(H,16,17)/t10-/m0/s1. The molecule has 20 heavy (non-hydrogen) atoms. The molecule has 1 atom stereocenters. The molecule has 2 saturated heterocycles. The van der Waals surface area contributed by atoms with Crippen LogP contribution < -0.4 is 0 Å². The van der Waals surface area contributed by atoms with Gasteiger partial charge in [-0.3, -0.25) is 0 Å². The third-order valence-electron chi connectivity index (χ3n) is 3.96. The fourth-order valence-electron chi connectivity index (χ4n) is 2.79. The number of piperidine rings is 1. The molecule has 1 amide bonds. The van der Waals surface area contributed by atoms with E-state index in [0.717, 1.165) is 12.8 Å². The molecule has 0 aromatic heterocycles.